The van der Waals surface area contributed by atoms with Gasteiger partial charge in [0.05, 0.1) is 0 Å². The van der Waals surface area contributed by atoms with Crippen LogP contribution >= 0.6 is 0 Å². The number of piperidine rings is 1. The molecule has 1 aliphatic carbocycles. The van der Waals surface area contributed by atoms with Gasteiger partial charge < -0.3 is 10.2 Å². The third kappa shape index (κ3) is 2.74. The van der Waals surface area contributed by atoms with Crippen molar-refractivity contribution in [3.8, 4) is 0 Å². The van der Waals surface area contributed by atoms with Crippen molar-refractivity contribution < 1.29 is 9.59 Å². The molecule has 0 bridgehead atoms. The molecule has 1 aromatic carbocycles. The molecule has 3 rings (SSSR count). The van der Waals surface area contributed by atoms with Crippen LogP contribution in [0.3, 0.4) is 0 Å². The maximum Gasteiger partial charge on any atom is 0.240 e. The van der Waals surface area contributed by atoms with Gasteiger partial charge in [-0.3, -0.25) is 9.59 Å². The molecule has 2 amide bonds. The van der Waals surface area contributed by atoms with Gasteiger partial charge in [-0.25, -0.2) is 0 Å². The quantitative estimate of drug-likeness (QED) is 0.872. The standard InChI is InChI=1S/C18H24N2O2/c1-13-6-7-15(12-14(13)2)19-16(21)18(8-9-18)17(22)20-10-4-3-5-11-20/h6-7,12H,3-5,8-11H2,1-2H3,(H,19,21). The number of carbonyl (C=O) groups is 2. The molecule has 1 heterocycles. The summed E-state index contributed by atoms with van der Waals surface area (Å²) in [6, 6.07) is 5.87. The van der Waals surface area contributed by atoms with Gasteiger partial charge >= 0.3 is 0 Å². The molecule has 1 saturated heterocycles. The number of anilines is 1. The molecule has 4 heteroatoms. The van der Waals surface area contributed by atoms with Gasteiger partial charge in [0.15, 0.2) is 0 Å². The van der Waals surface area contributed by atoms with Gasteiger partial charge in [-0.1, -0.05) is 6.07 Å². The van der Waals surface area contributed by atoms with E-state index >= 15 is 0 Å². The number of amides is 2. The fourth-order valence-corrected chi connectivity index (χ4v) is 3.13. The molecule has 1 aliphatic heterocycles. The lowest BCUT2D eigenvalue weighted by Crippen LogP contribution is -2.45. The second kappa shape index (κ2) is 5.75. The van der Waals surface area contributed by atoms with Crippen LogP contribution < -0.4 is 5.32 Å². The van der Waals surface area contributed by atoms with E-state index in [4.69, 9.17) is 0 Å². The zero-order chi connectivity index (χ0) is 15.7. The first kappa shape index (κ1) is 15.1. The molecule has 0 atom stereocenters. The summed E-state index contributed by atoms with van der Waals surface area (Å²) in [5.41, 5.74) is 2.33. The molecule has 1 saturated carbocycles. The smallest absolute Gasteiger partial charge is 0.240 e. The summed E-state index contributed by atoms with van der Waals surface area (Å²) in [5, 5.41) is 2.95. The van der Waals surface area contributed by atoms with Gasteiger partial charge in [-0.2, -0.15) is 0 Å². The Morgan fingerprint density at radius 2 is 1.73 bits per heavy atom. The lowest BCUT2D eigenvalue weighted by Gasteiger charge is -2.30. The van der Waals surface area contributed by atoms with Crippen LogP contribution in [0.15, 0.2) is 18.2 Å². The van der Waals surface area contributed by atoms with Crippen LogP contribution in [-0.4, -0.2) is 29.8 Å². The monoisotopic (exact) mass is 300 g/mol. The number of nitrogens with one attached hydrogen (secondary N) is 1. The van der Waals surface area contributed by atoms with E-state index in [0.29, 0.717) is 12.8 Å². The highest BCUT2D eigenvalue weighted by molar-refractivity contribution is 6.13. The largest absolute Gasteiger partial charge is 0.342 e. The predicted molar refractivity (Wildman–Crippen MR) is 86.6 cm³/mol. The van der Waals surface area contributed by atoms with Gasteiger partial charge in [0.25, 0.3) is 0 Å². The van der Waals surface area contributed by atoms with Crippen LogP contribution in [0.2, 0.25) is 0 Å². The molecular formula is C18H24N2O2. The minimum atomic E-state index is -0.796. The SMILES string of the molecule is Cc1ccc(NC(=O)C2(C(=O)N3CCCCC3)CC2)cc1C. The summed E-state index contributed by atoms with van der Waals surface area (Å²) in [4.78, 5) is 27.2. The van der Waals surface area contributed by atoms with Crippen LogP contribution in [0.1, 0.15) is 43.2 Å². The number of hydrogen-bond donors (Lipinski definition) is 1. The Morgan fingerprint density at radius 1 is 1.05 bits per heavy atom. The van der Waals surface area contributed by atoms with E-state index in [0.717, 1.165) is 37.2 Å². The summed E-state index contributed by atoms with van der Waals surface area (Å²) >= 11 is 0. The predicted octanol–water partition coefficient (Wildman–Crippen LogP) is 3.03. The van der Waals surface area contributed by atoms with Crippen LogP contribution in [-0.2, 0) is 9.59 Å². The second-order valence-electron chi connectivity index (χ2n) is 6.69. The molecule has 118 valence electrons. The van der Waals surface area contributed by atoms with Crippen LogP contribution in [0, 0.1) is 19.3 Å². The minimum absolute atomic E-state index is 0.0357. The first-order chi connectivity index (χ1) is 10.5. The Labute approximate surface area is 131 Å². The first-order valence-electron chi connectivity index (χ1n) is 8.21. The molecule has 0 spiro atoms. The summed E-state index contributed by atoms with van der Waals surface area (Å²) in [7, 11) is 0. The summed E-state index contributed by atoms with van der Waals surface area (Å²) in [6.07, 6.45) is 4.66. The van der Waals surface area contributed by atoms with E-state index in [1.807, 2.05) is 36.9 Å². The van der Waals surface area contributed by atoms with Crippen molar-refractivity contribution in [1.29, 1.82) is 0 Å². The second-order valence-corrected chi connectivity index (χ2v) is 6.69. The Balaban J connectivity index is 1.70. The molecule has 2 aliphatic rings. The highest BCUT2D eigenvalue weighted by Gasteiger charge is 2.58. The molecule has 0 unspecified atom stereocenters. The Bertz CT molecular complexity index is 599. The maximum atomic E-state index is 12.7. The highest BCUT2D eigenvalue weighted by Crippen LogP contribution is 2.48. The molecule has 1 N–H and O–H groups in total. The number of nitrogens with zero attached hydrogens (tertiary/aromatic N) is 1. The number of benzene rings is 1. The Morgan fingerprint density at radius 3 is 2.32 bits per heavy atom. The first-order valence-corrected chi connectivity index (χ1v) is 8.21. The Kier molecular flexibility index (Phi) is 3.94. The van der Waals surface area contributed by atoms with Crippen molar-refractivity contribution in [2.75, 3.05) is 18.4 Å². The van der Waals surface area contributed by atoms with Gasteiger partial charge in [0.2, 0.25) is 11.8 Å². The molecule has 1 aromatic rings. The van der Waals surface area contributed by atoms with Crippen molar-refractivity contribution in [2.24, 2.45) is 5.41 Å². The van der Waals surface area contributed by atoms with E-state index in [1.54, 1.807) is 0 Å². The molecule has 0 aromatic heterocycles. The van der Waals surface area contributed by atoms with Crippen LogP contribution in [0.25, 0.3) is 0 Å². The third-order valence-electron chi connectivity index (χ3n) is 5.00. The van der Waals surface area contributed by atoms with Crippen molar-refractivity contribution in [2.45, 2.75) is 46.0 Å². The fraction of sp³-hybridized carbons (Fsp3) is 0.556. The molecule has 0 radical (unpaired) electrons. The van der Waals surface area contributed by atoms with Crippen LogP contribution in [0.4, 0.5) is 5.69 Å². The van der Waals surface area contributed by atoms with Gasteiger partial charge in [-0.15, -0.1) is 0 Å². The number of likely N-dealkylation sites (tertiary alicyclic amines) is 1. The maximum absolute atomic E-state index is 12.7. The number of aryl methyl sites for hydroxylation is 2. The zero-order valence-corrected chi connectivity index (χ0v) is 13.4. The minimum Gasteiger partial charge on any atom is -0.342 e. The third-order valence-corrected chi connectivity index (χ3v) is 5.00. The normalized spacial score (nSPS) is 19.6. The van der Waals surface area contributed by atoms with E-state index in [1.165, 1.54) is 12.0 Å². The molecule has 2 fully saturated rings. The highest BCUT2D eigenvalue weighted by atomic mass is 16.2. The van der Waals surface area contributed by atoms with Gasteiger partial charge in [0.1, 0.15) is 5.41 Å². The lowest BCUT2D eigenvalue weighted by molar-refractivity contribution is -0.143. The lowest BCUT2D eigenvalue weighted by atomic mass is 10.0. The fourth-order valence-electron chi connectivity index (χ4n) is 3.13. The van der Waals surface area contributed by atoms with Crippen molar-refractivity contribution in [1.82, 2.24) is 4.90 Å². The average Bonchev–Trinajstić information content (AvgIpc) is 3.33. The number of rotatable bonds is 3. The van der Waals surface area contributed by atoms with E-state index < -0.39 is 5.41 Å². The van der Waals surface area contributed by atoms with Crippen molar-refractivity contribution in [3.05, 3.63) is 29.3 Å². The van der Waals surface area contributed by atoms with Crippen molar-refractivity contribution >= 4 is 17.5 Å². The summed E-state index contributed by atoms with van der Waals surface area (Å²) in [5.74, 6) is -0.0974. The van der Waals surface area contributed by atoms with E-state index in [-0.39, 0.29) is 11.8 Å². The van der Waals surface area contributed by atoms with E-state index in [9.17, 15) is 9.59 Å². The van der Waals surface area contributed by atoms with Crippen molar-refractivity contribution in [3.63, 3.8) is 0 Å². The molecular weight excluding hydrogens is 276 g/mol. The summed E-state index contributed by atoms with van der Waals surface area (Å²) < 4.78 is 0. The zero-order valence-electron chi connectivity index (χ0n) is 13.4. The average molecular weight is 300 g/mol. The van der Waals surface area contributed by atoms with E-state index in [2.05, 4.69) is 5.32 Å². The van der Waals surface area contributed by atoms with Crippen LogP contribution in [0.5, 0.6) is 0 Å². The topological polar surface area (TPSA) is 49.4 Å². The molecule has 22 heavy (non-hydrogen) atoms. The molecule has 4 nitrogen and oxygen atoms in total. The Hall–Kier alpha value is -1.84. The summed E-state index contributed by atoms with van der Waals surface area (Å²) in [6.45, 7) is 5.68. The van der Waals surface area contributed by atoms with Gasteiger partial charge in [0, 0.05) is 18.8 Å². The number of hydrogen-bond acceptors (Lipinski definition) is 2. The van der Waals surface area contributed by atoms with Gasteiger partial charge in [-0.05, 0) is 69.2 Å². The number of carbonyl (C=O) groups excluding carboxylic acids is 2.